The number of hydrogen-bond acceptors (Lipinski definition) is 2. The smallest absolute Gasteiger partial charge is 0.396 e. The number of rotatable bonds is 1. The van der Waals surface area contributed by atoms with Crippen LogP contribution in [0.1, 0.15) is 11.1 Å². The fourth-order valence-corrected chi connectivity index (χ4v) is 2.35. The summed E-state index contributed by atoms with van der Waals surface area (Å²) in [6.07, 6.45) is -11.7. The lowest BCUT2D eigenvalue weighted by molar-refractivity contribution is -0.140. The Morgan fingerprint density at radius 2 is 0.679 bits per heavy atom. The Bertz CT molecular complexity index is 895. The molecule has 0 heterocycles. The summed E-state index contributed by atoms with van der Waals surface area (Å²) in [4.78, 5) is 0. The molecule has 14 heteroatoms. The summed E-state index contributed by atoms with van der Waals surface area (Å²) in [5.41, 5.74) is -5.80. The van der Waals surface area contributed by atoms with E-state index in [-0.39, 0.29) is 0 Å². The highest BCUT2D eigenvalue weighted by Gasteiger charge is 2.45. The summed E-state index contributed by atoms with van der Waals surface area (Å²) >= 11 is 0. The normalized spacial score (nSPS) is 12.6. The average molecular weight is 428 g/mol. The largest absolute Gasteiger partial charge is 0.421 e. The van der Waals surface area contributed by atoms with Gasteiger partial charge < -0.3 is 11.5 Å². The van der Waals surface area contributed by atoms with Crippen molar-refractivity contribution < 1.29 is 52.7 Å². The zero-order valence-electron chi connectivity index (χ0n) is 12.7. The third kappa shape index (κ3) is 3.05. The molecule has 0 radical (unpaired) electrons. The van der Waals surface area contributed by atoms with Crippen LogP contribution in [0.4, 0.5) is 64.1 Å². The first-order valence-electron chi connectivity index (χ1n) is 6.60. The van der Waals surface area contributed by atoms with Gasteiger partial charge in [-0.1, -0.05) is 0 Å². The molecule has 0 aliphatic rings. The highest BCUT2D eigenvalue weighted by Crippen LogP contribution is 2.47. The molecule has 154 valence electrons. The molecule has 0 bridgehead atoms. The first kappa shape index (κ1) is 21.5. The predicted molar refractivity (Wildman–Crippen MR) is 70.5 cm³/mol. The van der Waals surface area contributed by atoms with E-state index < -0.39 is 80.9 Å². The summed E-state index contributed by atoms with van der Waals surface area (Å²) in [6, 6.07) is 0. The Morgan fingerprint density at radius 3 is 0.893 bits per heavy atom. The SMILES string of the molecule is Nc1c(F)c(F)c(-c2c(F)c(F)c(N)c(C(F)(F)F)c2F)c(F)c1C(F)(F)F. The number of anilines is 2. The van der Waals surface area contributed by atoms with Crippen LogP contribution in [0.25, 0.3) is 11.1 Å². The van der Waals surface area contributed by atoms with Gasteiger partial charge in [0.05, 0.1) is 22.5 Å². The quantitative estimate of drug-likeness (QED) is 0.364. The Kier molecular flexibility index (Phi) is 4.90. The maximum absolute atomic E-state index is 14.2. The molecule has 0 atom stereocenters. The zero-order chi connectivity index (χ0) is 21.9. The van der Waals surface area contributed by atoms with Crippen LogP contribution in [-0.4, -0.2) is 0 Å². The van der Waals surface area contributed by atoms with Gasteiger partial charge in [-0.15, -0.1) is 0 Å². The molecule has 2 nitrogen and oxygen atoms in total. The van der Waals surface area contributed by atoms with E-state index in [1.807, 2.05) is 0 Å². The van der Waals surface area contributed by atoms with E-state index in [2.05, 4.69) is 11.5 Å². The van der Waals surface area contributed by atoms with Gasteiger partial charge in [0.25, 0.3) is 0 Å². The van der Waals surface area contributed by atoms with Crippen LogP contribution in [0.15, 0.2) is 0 Å². The van der Waals surface area contributed by atoms with E-state index in [0.717, 1.165) is 0 Å². The molecule has 28 heavy (non-hydrogen) atoms. The molecular weight excluding hydrogens is 424 g/mol. The highest BCUT2D eigenvalue weighted by molar-refractivity contribution is 5.75. The number of benzene rings is 2. The number of nitrogens with two attached hydrogens (primary N) is 2. The van der Waals surface area contributed by atoms with Gasteiger partial charge in [0, 0.05) is 0 Å². The van der Waals surface area contributed by atoms with Gasteiger partial charge in [-0.05, 0) is 0 Å². The zero-order valence-corrected chi connectivity index (χ0v) is 12.7. The summed E-state index contributed by atoms with van der Waals surface area (Å²) < 4.78 is 161. The van der Waals surface area contributed by atoms with Crippen LogP contribution in [0.5, 0.6) is 0 Å². The molecule has 4 N–H and O–H groups in total. The van der Waals surface area contributed by atoms with Crippen LogP contribution in [-0.2, 0) is 12.4 Å². The molecule has 0 saturated carbocycles. The minimum absolute atomic E-state index is 2.17. The molecule has 0 aliphatic heterocycles. The fourth-order valence-electron chi connectivity index (χ4n) is 2.35. The van der Waals surface area contributed by atoms with Crippen molar-refractivity contribution in [2.45, 2.75) is 12.4 Å². The number of alkyl halides is 6. The van der Waals surface area contributed by atoms with Crippen molar-refractivity contribution in [3.63, 3.8) is 0 Å². The van der Waals surface area contributed by atoms with E-state index >= 15 is 0 Å². The van der Waals surface area contributed by atoms with Gasteiger partial charge in [0.1, 0.15) is 22.8 Å². The maximum Gasteiger partial charge on any atom is 0.421 e. The second kappa shape index (κ2) is 6.38. The summed E-state index contributed by atoms with van der Waals surface area (Å²) in [5, 5.41) is 0. The van der Waals surface area contributed by atoms with Crippen molar-refractivity contribution in [2.24, 2.45) is 0 Å². The van der Waals surface area contributed by atoms with Crippen molar-refractivity contribution in [1.29, 1.82) is 0 Å². The molecule has 2 rings (SSSR count). The van der Waals surface area contributed by atoms with E-state index in [1.54, 1.807) is 0 Å². The molecule has 0 aliphatic carbocycles. The van der Waals surface area contributed by atoms with Crippen LogP contribution >= 0.6 is 0 Å². The minimum Gasteiger partial charge on any atom is -0.396 e. The van der Waals surface area contributed by atoms with Crippen LogP contribution in [0.2, 0.25) is 0 Å². The first-order chi connectivity index (χ1) is 12.5. The number of halogens is 12. The molecule has 0 fully saturated rings. The van der Waals surface area contributed by atoms with Crippen molar-refractivity contribution in [3.8, 4) is 11.1 Å². The van der Waals surface area contributed by atoms with Crippen LogP contribution in [0.3, 0.4) is 0 Å². The number of nitrogen functional groups attached to an aromatic ring is 2. The number of hydrogen-bond donors (Lipinski definition) is 2. The fraction of sp³-hybridized carbons (Fsp3) is 0.143. The molecule has 0 spiro atoms. The maximum atomic E-state index is 14.2. The molecular formula is C14H4F12N2. The molecule has 0 saturated heterocycles. The molecule has 0 aromatic heterocycles. The van der Waals surface area contributed by atoms with Gasteiger partial charge in [0.2, 0.25) is 0 Å². The first-order valence-corrected chi connectivity index (χ1v) is 6.60. The molecule has 0 unspecified atom stereocenters. The van der Waals surface area contributed by atoms with Gasteiger partial charge in [-0.2, -0.15) is 26.3 Å². The monoisotopic (exact) mass is 428 g/mol. The lowest BCUT2D eigenvalue weighted by atomic mass is 9.95. The molecule has 0 amide bonds. The topological polar surface area (TPSA) is 52.0 Å². The molecule has 2 aromatic rings. The van der Waals surface area contributed by atoms with Crippen molar-refractivity contribution in [2.75, 3.05) is 11.5 Å². The Balaban J connectivity index is 3.15. The lowest BCUT2D eigenvalue weighted by Crippen LogP contribution is -2.19. The van der Waals surface area contributed by atoms with E-state index in [1.165, 1.54) is 0 Å². The predicted octanol–water partition coefficient (Wildman–Crippen LogP) is 5.39. The summed E-state index contributed by atoms with van der Waals surface area (Å²) in [6.45, 7) is 0. The minimum atomic E-state index is -5.86. The van der Waals surface area contributed by atoms with Gasteiger partial charge >= 0.3 is 12.4 Å². The lowest BCUT2D eigenvalue weighted by Gasteiger charge is -2.19. The third-order valence-electron chi connectivity index (χ3n) is 3.53. The second-order valence-corrected chi connectivity index (χ2v) is 5.21. The van der Waals surface area contributed by atoms with Gasteiger partial charge in [-0.3, -0.25) is 0 Å². The molecule has 2 aromatic carbocycles. The van der Waals surface area contributed by atoms with E-state index in [4.69, 9.17) is 0 Å². The van der Waals surface area contributed by atoms with Gasteiger partial charge in [0.15, 0.2) is 23.3 Å². The Labute approximate surface area is 146 Å². The standard InChI is InChI=1S/C14H4F12N2/c15-5-1(7(17)9(19)11(27)3(5)13(21,22)23)2-6(16)4(14(24,25)26)12(28)10(20)8(2)18/h27-28H2. The highest BCUT2D eigenvalue weighted by atomic mass is 19.4. The van der Waals surface area contributed by atoms with Crippen molar-refractivity contribution >= 4 is 11.4 Å². The third-order valence-corrected chi connectivity index (χ3v) is 3.53. The average Bonchev–Trinajstić information content (AvgIpc) is 2.51. The summed E-state index contributed by atoms with van der Waals surface area (Å²) in [7, 11) is 0. The van der Waals surface area contributed by atoms with Crippen molar-refractivity contribution in [1.82, 2.24) is 0 Å². The van der Waals surface area contributed by atoms with Gasteiger partial charge in [-0.25, -0.2) is 26.3 Å². The Hall–Kier alpha value is -2.80. The van der Waals surface area contributed by atoms with Crippen LogP contribution in [0, 0.1) is 34.9 Å². The van der Waals surface area contributed by atoms with Crippen LogP contribution < -0.4 is 11.5 Å². The van der Waals surface area contributed by atoms with E-state index in [9.17, 15) is 52.7 Å². The van der Waals surface area contributed by atoms with Crippen molar-refractivity contribution in [3.05, 3.63) is 46.0 Å². The summed E-state index contributed by atoms with van der Waals surface area (Å²) in [5.74, 6) is -16.8. The second-order valence-electron chi connectivity index (χ2n) is 5.21. The Morgan fingerprint density at radius 1 is 0.429 bits per heavy atom. The van der Waals surface area contributed by atoms with E-state index in [0.29, 0.717) is 0 Å².